The Morgan fingerprint density at radius 2 is 1.93 bits per heavy atom. The van der Waals surface area contributed by atoms with Crippen LogP contribution in [0.3, 0.4) is 0 Å². The highest BCUT2D eigenvalue weighted by Gasteiger charge is 2.19. The van der Waals surface area contributed by atoms with Crippen LogP contribution in [0.5, 0.6) is 0 Å². The van der Waals surface area contributed by atoms with Gasteiger partial charge in [0.15, 0.2) is 5.82 Å². The van der Waals surface area contributed by atoms with Gasteiger partial charge >= 0.3 is 6.03 Å². The number of urea groups is 1. The van der Waals surface area contributed by atoms with E-state index in [1.54, 1.807) is 41.1 Å². The predicted octanol–water partition coefficient (Wildman–Crippen LogP) is 2.19. The van der Waals surface area contributed by atoms with Gasteiger partial charge in [0.05, 0.1) is 13.2 Å². The van der Waals surface area contributed by atoms with Crippen LogP contribution in [0.1, 0.15) is 36.5 Å². The first-order valence-corrected chi connectivity index (χ1v) is 10.3. The van der Waals surface area contributed by atoms with Crippen molar-refractivity contribution in [2.45, 2.75) is 32.7 Å². The lowest BCUT2D eigenvalue weighted by atomic mass is 10.1. The van der Waals surface area contributed by atoms with Crippen LogP contribution in [0.15, 0.2) is 28.8 Å². The molecular formula is C21H29N5O4. The minimum Gasteiger partial charge on any atom is -0.378 e. The number of aromatic nitrogens is 2. The number of morpholine rings is 1. The fourth-order valence-corrected chi connectivity index (χ4v) is 2.97. The summed E-state index contributed by atoms with van der Waals surface area (Å²) in [4.78, 5) is 32.4. The molecule has 9 heteroatoms. The molecule has 0 spiro atoms. The Balaban J connectivity index is 1.55. The van der Waals surface area contributed by atoms with E-state index in [1.807, 2.05) is 13.8 Å². The first-order chi connectivity index (χ1) is 14.5. The van der Waals surface area contributed by atoms with Gasteiger partial charge in [0.1, 0.15) is 0 Å². The van der Waals surface area contributed by atoms with Crippen LogP contribution >= 0.6 is 0 Å². The highest BCUT2D eigenvalue weighted by atomic mass is 16.5. The van der Waals surface area contributed by atoms with Crippen molar-refractivity contribution in [3.63, 3.8) is 0 Å². The summed E-state index contributed by atoms with van der Waals surface area (Å²) < 4.78 is 10.6. The van der Waals surface area contributed by atoms with E-state index in [2.05, 4.69) is 15.5 Å². The number of nitrogens with zero attached hydrogens (tertiary/aromatic N) is 4. The third kappa shape index (κ3) is 5.56. The number of benzene rings is 1. The normalized spacial score (nSPS) is 15.0. The monoisotopic (exact) mass is 415 g/mol. The van der Waals surface area contributed by atoms with Gasteiger partial charge in [0.25, 0.3) is 11.8 Å². The smallest absolute Gasteiger partial charge is 0.317 e. The molecule has 1 saturated heterocycles. The maximum absolute atomic E-state index is 12.5. The van der Waals surface area contributed by atoms with Gasteiger partial charge in [-0.15, -0.1) is 0 Å². The minimum absolute atomic E-state index is 0.00484. The third-order valence-electron chi connectivity index (χ3n) is 5.14. The second-order valence-corrected chi connectivity index (χ2v) is 7.43. The lowest BCUT2D eigenvalue weighted by Gasteiger charge is -2.26. The fraction of sp³-hybridized carbons (Fsp3) is 0.524. The Kier molecular flexibility index (Phi) is 7.40. The van der Waals surface area contributed by atoms with Crippen molar-refractivity contribution in [1.82, 2.24) is 25.3 Å². The second kappa shape index (κ2) is 10.2. The number of nitrogens with one attached hydrogen (secondary N) is 1. The maximum Gasteiger partial charge on any atom is 0.317 e. The molecule has 0 unspecified atom stereocenters. The first-order valence-electron chi connectivity index (χ1n) is 10.3. The molecule has 9 nitrogen and oxygen atoms in total. The number of ether oxygens (including phenoxy) is 1. The second-order valence-electron chi connectivity index (χ2n) is 7.43. The Labute approximate surface area is 176 Å². The zero-order chi connectivity index (χ0) is 21.5. The zero-order valence-electron chi connectivity index (χ0n) is 17.8. The van der Waals surface area contributed by atoms with Crippen LogP contribution in [0.25, 0.3) is 11.5 Å². The molecule has 2 aromatic rings. The maximum atomic E-state index is 12.5. The number of carbonyl (C=O) groups is 2. The molecule has 1 aromatic carbocycles. The Bertz CT molecular complexity index is 845. The molecule has 1 aliphatic rings. The van der Waals surface area contributed by atoms with E-state index in [0.717, 1.165) is 12.0 Å². The fourth-order valence-electron chi connectivity index (χ4n) is 2.97. The van der Waals surface area contributed by atoms with E-state index in [1.165, 1.54) is 0 Å². The molecule has 1 aliphatic heterocycles. The lowest BCUT2D eigenvalue weighted by molar-refractivity contribution is 0.0303. The SMILES string of the molecule is CC[C@@H](C)NC(=O)N(C)CCc1noc(-c2ccc(C(=O)N3CCOCC3)cc2)n1. The standard InChI is InChI=1S/C21H29N5O4/c1-4-15(2)22-21(28)25(3)10-9-18-23-19(30-24-18)16-5-7-17(8-6-16)20(27)26-11-13-29-14-12-26/h5-8,15H,4,9-14H2,1-3H3,(H,22,28)/t15-/m1/s1. The molecule has 1 N–H and O–H groups in total. The van der Waals surface area contributed by atoms with Crippen molar-refractivity contribution < 1.29 is 18.8 Å². The molecule has 1 aromatic heterocycles. The van der Waals surface area contributed by atoms with Gasteiger partial charge in [0, 0.05) is 50.3 Å². The lowest BCUT2D eigenvalue weighted by Crippen LogP contribution is -2.42. The van der Waals surface area contributed by atoms with E-state index in [-0.39, 0.29) is 18.0 Å². The molecular weight excluding hydrogens is 386 g/mol. The van der Waals surface area contributed by atoms with Gasteiger partial charge in [-0.05, 0) is 37.6 Å². The quantitative estimate of drug-likeness (QED) is 0.744. The number of likely N-dealkylation sites (N-methyl/N-ethyl adjacent to an activating group) is 1. The van der Waals surface area contributed by atoms with E-state index in [4.69, 9.17) is 9.26 Å². The molecule has 0 aliphatic carbocycles. The van der Waals surface area contributed by atoms with Gasteiger partial charge in [-0.2, -0.15) is 4.98 Å². The first kappa shape index (κ1) is 21.8. The minimum atomic E-state index is -0.117. The zero-order valence-corrected chi connectivity index (χ0v) is 17.8. The molecule has 1 fully saturated rings. The molecule has 1 atom stereocenters. The van der Waals surface area contributed by atoms with Crippen molar-refractivity contribution >= 4 is 11.9 Å². The van der Waals surface area contributed by atoms with Crippen LogP contribution in [0, 0.1) is 0 Å². The Morgan fingerprint density at radius 3 is 2.60 bits per heavy atom. The molecule has 162 valence electrons. The van der Waals surface area contributed by atoms with E-state index in [0.29, 0.717) is 56.5 Å². The summed E-state index contributed by atoms with van der Waals surface area (Å²) in [5, 5.41) is 6.92. The largest absolute Gasteiger partial charge is 0.378 e. The van der Waals surface area contributed by atoms with E-state index < -0.39 is 0 Å². The van der Waals surface area contributed by atoms with Gasteiger partial charge in [-0.25, -0.2) is 4.79 Å². The van der Waals surface area contributed by atoms with Crippen molar-refractivity contribution in [3.8, 4) is 11.5 Å². The summed E-state index contributed by atoms with van der Waals surface area (Å²) in [6.45, 7) is 6.84. The van der Waals surface area contributed by atoms with E-state index >= 15 is 0 Å². The number of hydrogen-bond acceptors (Lipinski definition) is 6. The Hall–Kier alpha value is -2.94. The third-order valence-corrected chi connectivity index (χ3v) is 5.14. The number of hydrogen-bond donors (Lipinski definition) is 1. The van der Waals surface area contributed by atoms with Gasteiger partial charge in [-0.3, -0.25) is 4.79 Å². The molecule has 3 amide bonds. The van der Waals surface area contributed by atoms with Crippen LogP contribution in [-0.2, 0) is 11.2 Å². The molecule has 30 heavy (non-hydrogen) atoms. The Morgan fingerprint density at radius 1 is 1.23 bits per heavy atom. The molecule has 0 bridgehead atoms. The molecule has 0 saturated carbocycles. The van der Waals surface area contributed by atoms with Crippen LogP contribution in [-0.4, -0.2) is 77.8 Å². The summed E-state index contributed by atoms with van der Waals surface area (Å²) in [5.74, 6) is 0.915. The van der Waals surface area contributed by atoms with Crippen molar-refractivity contribution in [2.75, 3.05) is 39.9 Å². The van der Waals surface area contributed by atoms with Crippen LogP contribution < -0.4 is 5.32 Å². The summed E-state index contributed by atoms with van der Waals surface area (Å²) >= 11 is 0. The van der Waals surface area contributed by atoms with Gasteiger partial charge in [0.2, 0.25) is 0 Å². The summed E-state index contributed by atoms with van der Waals surface area (Å²) in [5.41, 5.74) is 1.37. The summed E-state index contributed by atoms with van der Waals surface area (Å²) in [6, 6.07) is 7.16. The summed E-state index contributed by atoms with van der Waals surface area (Å²) in [6.07, 6.45) is 1.37. The van der Waals surface area contributed by atoms with Gasteiger partial charge < -0.3 is 24.4 Å². The highest BCUT2D eigenvalue weighted by Crippen LogP contribution is 2.19. The molecule has 2 heterocycles. The number of rotatable bonds is 7. The van der Waals surface area contributed by atoms with Crippen LogP contribution in [0.2, 0.25) is 0 Å². The van der Waals surface area contributed by atoms with Gasteiger partial charge in [-0.1, -0.05) is 12.1 Å². The molecule has 3 rings (SSSR count). The van der Waals surface area contributed by atoms with Crippen LogP contribution in [0.4, 0.5) is 4.79 Å². The van der Waals surface area contributed by atoms with E-state index in [9.17, 15) is 9.59 Å². The average molecular weight is 415 g/mol. The van der Waals surface area contributed by atoms with Crippen molar-refractivity contribution in [1.29, 1.82) is 0 Å². The number of amides is 3. The number of carbonyl (C=O) groups excluding carboxylic acids is 2. The predicted molar refractivity (Wildman–Crippen MR) is 111 cm³/mol. The average Bonchev–Trinajstić information content (AvgIpc) is 3.26. The van der Waals surface area contributed by atoms with Crippen molar-refractivity contribution in [3.05, 3.63) is 35.7 Å². The summed E-state index contributed by atoms with van der Waals surface area (Å²) in [7, 11) is 1.74. The highest BCUT2D eigenvalue weighted by molar-refractivity contribution is 5.94. The molecule has 0 radical (unpaired) electrons. The topological polar surface area (TPSA) is 101 Å². The van der Waals surface area contributed by atoms with Crippen molar-refractivity contribution in [2.24, 2.45) is 0 Å².